The van der Waals surface area contributed by atoms with E-state index in [-0.39, 0.29) is 11.6 Å². The van der Waals surface area contributed by atoms with Gasteiger partial charge in [-0.05, 0) is 0 Å². The van der Waals surface area contributed by atoms with Crippen LogP contribution in [0.4, 0.5) is 0 Å². The van der Waals surface area contributed by atoms with Crippen molar-refractivity contribution in [3.05, 3.63) is 121 Å². The Kier molecular flexibility index (Phi) is 7.61. The summed E-state index contributed by atoms with van der Waals surface area (Å²) in [6.07, 6.45) is 3.54. The quantitative estimate of drug-likeness (QED) is 0.120. The molecule has 0 spiro atoms. The molecule has 2 nitrogen and oxygen atoms in total. The topological polar surface area (TPSA) is 26.3 Å². The average molecular weight is 752 g/mol. The number of halogens is 2. The minimum atomic E-state index is -2.87. The number of benzene rings is 4. The third kappa shape index (κ3) is 4.40. The Morgan fingerprint density at radius 1 is 0.676 bits per heavy atom. The van der Waals surface area contributed by atoms with Crippen LogP contribution in [0.1, 0.15) is 6.42 Å². The molecule has 1 atom stereocenters. The molecule has 0 aliphatic carbocycles. The molecule has 1 aliphatic rings. The molecule has 1 unspecified atom stereocenters. The van der Waals surface area contributed by atoms with Gasteiger partial charge in [0.05, 0.1) is 0 Å². The summed E-state index contributed by atoms with van der Waals surface area (Å²) < 4.78 is -0.212. The molecule has 37 heavy (non-hydrogen) atoms. The number of carbonyl (C=O) groups excluding carboxylic acids is 1. The fourth-order valence-corrected chi connectivity index (χ4v) is 32.6. The number of hydrogen-bond donors (Lipinski definition) is 0. The van der Waals surface area contributed by atoms with E-state index in [4.69, 9.17) is 4.74 Å². The second-order valence-corrected chi connectivity index (χ2v) is 33.0. The molecule has 5 rings (SSSR count). The first-order chi connectivity index (χ1) is 17.8. The second kappa shape index (κ2) is 10.3. The predicted molar refractivity (Wildman–Crippen MR) is 181 cm³/mol. The van der Waals surface area contributed by atoms with Crippen molar-refractivity contribution in [3.8, 4) is 0 Å². The molecule has 0 amide bonds. The van der Waals surface area contributed by atoms with Gasteiger partial charge in [0.15, 0.2) is 0 Å². The van der Waals surface area contributed by atoms with Gasteiger partial charge in [0.25, 0.3) is 0 Å². The normalized spacial score (nSPS) is 23.3. The SMILES string of the molecule is COC(=O)CC1CP(I)(c2ccccc2)(c2ccccc2)CCP1(I)(c1ccccc1)c1ccccc1. The third-order valence-corrected chi connectivity index (χ3v) is 33.2. The number of rotatable bonds is 6. The number of methoxy groups -OCH3 is 1. The summed E-state index contributed by atoms with van der Waals surface area (Å²) in [7, 11) is 1.52. The first kappa shape index (κ1) is 27.2. The standard InChI is InChI=1S/C31H32I2O2P2/c1-35-31(34)24-30-25-36(32,26-14-6-2-7-15-26,27-16-8-3-9-17-27)22-23-37(30,33,28-18-10-4-11-19-28)29-20-12-5-13-21-29/h2-21,30H,22-25H2,1H3. The fraction of sp³-hybridized carbons (Fsp3) is 0.194. The van der Waals surface area contributed by atoms with Crippen LogP contribution in [0.15, 0.2) is 121 Å². The van der Waals surface area contributed by atoms with Gasteiger partial charge < -0.3 is 0 Å². The van der Waals surface area contributed by atoms with Crippen LogP contribution < -0.4 is 21.2 Å². The zero-order valence-electron chi connectivity index (χ0n) is 20.9. The maximum atomic E-state index is 13.2. The van der Waals surface area contributed by atoms with Gasteiger partial charge in [0, 0.05) is 0 Å². The van der Waals surface area contributed by atoms with Crippen LogP contribution in [-0.4, -0.2) is 37.2 Å². The van der Waals surface area contributed by atoms with Gasteiger partial charge in [-0.3, -0.25) is 0 Å². The third-order valence-electron chi connectivity index (χ3n) is 8.31. The van der Waals surface area contributed by atoms with Gasteiger partial charge in [0.1, 0.15) is 0 Å². The summed E-state index contributed by atoms with van der Waals surface area (Å²) in [6, 6.07) is 44.3. The molecule has 192 valence electrons. The Balaban J connectivity index is 1.82. The average Bonchev–Trinajstić information content (AvgIpc) is 2.97. The zero-order chi connectivity index (χ0) is 26.0. The Morgan fingerprint density at radius 2 is 1.05 bits per heavy atom. The second-order valence-electron chi connectivity index (χ2n) is 10.0. The Labute approximate surface area is 246 Å². The monoisotopic (exact) mass is 752 g/mol. The molecular formula is C31H32I2O2P2. The van der Waals surface area contributed by atoms with E-state index < -0.39 is 8.49 Å². The van der Waals surface area contributed by atoms with E-state index in [0.717, 1.165) is 18.5 Å². The van der Waals surface area contributed by atoms with Crippen LogP contribution in [-0.2, 0) is 9.53 Å². The van der Waals surface area contributed by atoms with Crippen molar-refractivity contribution in [3.63, 3.8) is 0 Å². The maximum absolute atomic E-state index is 13.2. The molecule has 0 saturated carbocycles. The van der Waals surface area contributed by atoms with Crippen molar-refractivity contribution < 1.29 is 9.53 Å². The first-order valence-corrected chi connectivity index (χ1v) is 23.2. The van der Waals surface area contributed by atoms with E-state index in [0.29, 0.717) is 6.42 Å². The van der Waals surface area contributed by atoms with Gasteiger partial charge in [-0.1, -0.05) is 0 Å². The van der Waals surface area contributed by atoms with Crippen molar-refractivity contribution in [2.24, 2.45) is 0 Å². The predicted octanol–water partition coefficient (Wildman–Crippen LogP) is 7.04. The molecule has 1 heterocycles. The van der Waals surface area contributed by atoms with Gasteiger partial charge in [-0.2, -0.15) is 0 Å². The van der Waals surface area contributed by atoms with Crippen LogP contribution in [0.3, 0.4) is 0 Å². The van der Waals surface area contributed by atoms with Crippen molar-refractivity contribution in [2.45, 2.75) is 12.1 Å². The molecule has 1 saturated heterocycles. The van der Waals surface area contributed by atoms with E-state index in [2.05, 4.69) is 165 Å². The van der Waals surface area contributed by atoms with E-state index in [1.54, 1.807) is 0 Å². The molecule has 1 fully saturated rings. The Morgan fingerprint density at radius 3 is 1.43 bits per heavy atom. The Hall–Kier alpha value is -1.33. The number of hydrogen-bond acceptors (Lipinski definition) is 2. The van der Waals surface area contributed by atoms with Crippen molar-refractivity contribution in [1.29, 1.82) is 0 Å². The van der Waals surface area contributed by atoms with Gasteiger partial charge in [-0.25, -0.2) is 0 Å². The number of carbonyl (C=O) groups is 1. The summed E-state index contributed by atoms with van der Waals surface area (Å²) in [6.45, 7) is 0. The van der Waals surface area contributed by atoms with E-state index >= 15 is 0 Å². The molecule has 0 N–H and O–H groups in total. The van der Waals surface area contributed by atoms with Crippen molar-refractivity contribution in [1.82, 2.24) is 0 Å². The number of esters is 1. The van der Waals surface area contributed by atoms with E-state index in [1.165, 1.54) is 28.3 Å². The van der Waals surface area contributed by atoms with Crippen molar-refractivity contribution in [2.75, 3.05) is 25.6 Å². The summed E-state index contributed by atoms with van der Waals surface area (Å²) in [5.74, 6) is -0.119. The van der Waals surface area contributed by atoms with Crippen LogP contribution in [0.5, 0.6) is 0 Å². The van der Waals surface area contributed by atoms with Crippen LogP contribution in [0.2, 0.25) is 0 Å². The van der Waals surface area contributed by atoms with Crippen molar-refractivity contribution >= 4 is 79.8 Å². The van der Waals surface area contributed by atoms with Gasteiger partial charge in [0.2, 0.25) is 0 Å². The zero-order valence-corrected chi connectivity index (χ0v) is 27.0. The molecule has 0 aromatic heterocycles. The van der Waals surface area contributed by atoms with Crippen LogP contribution in [0.25, 0.3) is 0 Å². The molecule has 1 aliphatic heterocycles. The molecule has 0 bridgehead atoms. The summed E-state index contributed by atoms with van der Waals surface area (Å²) in [5, 5.41) is 5.63. The molecule has 6 heteroatoms. The molecule has 0 radical (unpaired) electrons. The first-order valence-electron chi connectivity index (χ1n) is 12.6. The Bertz CT molecular complexity index is 1300. The summed E-state index contributed by atoms with van der Waals surface area (Å²) in [4.78, 5) is 13.2. The van der Waals surface area contributed by atoms with E-state index in [1.807, 2.05) is 0 Å². The fourth-order valence-electron chi connectivity index (χ4n) is 6.31. The molecule has 4 aromatic carbocycles. The van der Waals surface area contributed by atoms with Crippen LogP contribution >= 0.6 is 52.6 Å². The molecule has 4 aromatic rings. The van der Waals surface area contributed by atoms with Gasteiger partial charge >= 0.3 is 248 Å². The summed E-state index contributed by atoms with van der Waals surface area (Å²) >= 11 is 5.76. The van der Waals surface area contributed by atoms with E-state index in [9.17, 15) is 4.79 Å². The number of ether oxygens (including phenoxy) is 1. The minimum absolute atomic E-state index is 0.119. The van der Waals surface area contributed by atoms with Crippen LogP contribution in [0, 0.1) is 0 Å². The molecular weight excluding hydrogens is 720 g/mol. The van der Waals surface area contributed by atoms with Gasteiger partial charge in [-0.15, -0.1) is 0 Å². The summed E-state index contributed by atoms with van der Waals surface area (Å²) in [5.41, 5.74) is 0.146.